The Morgan fingerprint density at radius 2 is 2.20 bits per heavy atom. The number of nitrogens with zero attached hydrogens (tertiary/aromatic N) is 1. The Kier molecular flexibility index (Phi) is 4.89. The van der Waals surface area contributed by atoms with Gasteiger partial charge in [0.25, 0.3) is 0 Å². The van der Waals surface area contributed by atoms with Gasteiger partial charge < -0.3 is 19.8 Å². The van der Waals surface area contributed by atoms with Gasteiger partial charge in [-0.1, -0.05) is 12.1 Å². The van der Waals surface area contributed by atoms with Crippen molar-refractivity contribution in [2.45, 2.75) is 19.7 Å². The summed E-state index contributed by atoms with van der Waals surface area (Å²) in [5, 5.41) is 3.09. The zero-order valence-electron chi connectivity index (χ0n) is 10.9. The van der Waals surface area contributed by atoms with Crippen LogP contribution in [0, 0.1) is 0 Å². The Morgan fingerprint density at radius 3 is 2.85 bits per heavy atom. The van der Waals surface area contributed by atoms with E-state index in [4.69, 9.17) is 4.74 Å². The number of alkyl halides is 2. The van der Waals surface area contributed by atoms with E-state index in [1.807, 2.05) is 0 Å². The van der Waals surface area contributed by atoms with Gasteiger partial charge in [0.2, 0.25) is 0 Å². The lowest BCUT2D eigenvalue weighted by Gasteiger charge is -2.14. The first-order chi connectivity index (χ1) is 9.70. The molecule has 0 unspecified atom stereocenters. The minimum atomic E-state index is -2.89. The van der Waals surface area contributed by atoms with Crippen molar-refractivity contribution in [2.24, 2.45) is 0 Å². The quantitative estimate of drug-likeness (QED) is 0.818. The van der Waals surface area contributed by atoms with Crippen LogP contribution in [0.4, 0.5) is 8.78 Å². The number of nitrogens with one attached hydrogen (secondary N) is 2. The van der Waals surface area contributed by atoms with Crippen LogP contribution in [0.1, 0.15) is 11.4 Å². The van der Waals surface area contributed by atoms with Crippen LogP contribution in [0.2, 0.25) is 0 Å². The van der Waals surface area contributed by atoms with Crippen molar-refractivity contribution in [2.75, 3.05) is 7.11 Å². The predicted octanol–water partition coefficient (Wildman–Crippen LogP) is 2.31. The number of aromatic nitrogens is 2. The summed E-state index contributed by atoms with van der Waals surface area (Å²) in [5.41, 5.74) is 0.594. The molecule has 2 rings (SSSR count). The molecule has 0 bridgehead atoms. The van der Waals surface area contributed by atoms with Gasteiger partial charge in [-0.2, -0.15) is 8.78 Å². The number of halogens is 2. The molecule has 0 spiro atoms. The number of benzene rings is 1. The van der Waals surface area contributed by atoms with Crippen molar-refractivity contribution in [3.63, 3.8) is 0 Å². The maximum absolute atomic E-state index is 12.4. The van der Waals surface area contributed by atoms with Crippen LogP contribution in [-0.4, -0.2) is 23.7 Å². The summed E-state index contributed by atoms with van der Waals surface area (Å²) in [4.78, 5) is 7.00. The third kappa shape index (κ3) is 3.67. The average Bonchev–Trinajstić information content (AvgIpc) is 2.93. The summed E-state index contributed by atoms with van der Waals surface area (Å²) in [7, 11) is 1.41. The largest absolute Gasteiger partial charge is 0.493 e. The van der Waals surface area contributed by atoms with Crippen molar-refractivity contribution in [1.82, 2.24) is 15.3 Å². The molecule has 1 aromatic carbocycles. The molecule has 0 fully saturated rings. The van der Waals surface area contributed by atoms with Gasteiger partial charge in [-0.3, -0.25) is 0 Å². The molecule has 0 saturated heterocycles. The van der Waals surface area contributed by atoms with Crippen LogP contribution in [0.15, 0.2) is 30.6 Å². The van der Waals surface area contributed by atoms with Gasteiger partial charge in [0.05, 0.1) is 13.7 Å². The van der Waals surface area contributed by atoms with Crippen molar-refractivity contribution >= 4 is 0 Å². The van der Waals surface area contributed by atoms with E-state index in [9.17, 15) is 8.78 Å². The first-order valence-electron chi connectivity index (χ1n) is 6.00. The number of rotatable bonds is 7. The van der Waals surface area contributed by atoms with Gasteiger partial charge in [0, 0.05) is 24.5 Å². The summed E-state index contributed by atoms with van der Waals surface area (Å²) in [6.07, 6.45) is 3.36. The number of ether oxygens (including phenoxy) is 2. The smallest absolute Gasteiger partial charge is 0.387 e. The Morgan fingerprint density at radius 1 is 1.35 bits per heavy atom. The lowest BCUT2D eigenvalue weighted by atomic mass is 10.2. The minimum absolute atomic E-state index is 0.0527. The second-order valence-electron chi connectivity index (χ2n) is 3.97. The van der Waals surface area contributed by atoms with Crippen molar-refractivity contribution in [1.29, 1.82) is 0 Å². The van der Waals surface area contributed by atoms with Gasteiger partial charge in [-0.15, -0.1) is 0 Å². The highest BCUT2D eigenvalue weighted by Crippen LogP contribution is 2.32. The van der Waals surface area contributed by atoms with E-state index >= 15 is 0 Å². The molecule has 0 aliphatic heterocycles. The fourth-order valence-corrected chi connectivity index (χ4v) is 1.79. The summed E-state index contributed by atoms with van der Waals surface area (Å²) < 4.78 is 34.5. The van der Waals surface area contributed by atoms with Crippen LogP contribution in [0.5, 0.6) is 11.5 Å². The molecule has 0 saturated carbocycles. The molecule has 7 heteroatoms. The molecule has 0 atom stereocenters. The molecule has 1 aromatic heterocycles. The molecule has 2 aromatic rings. The highest BCUT2D eigenvalue weighted by Gasteiger charge is 2.14. The van der Waals surface area contributed by atoms with Crippen molar-refractivity contribution in [3.05, 3.63) is 42.0 Å². The third-order valence-electron chi connectivity index (χ3n) is 2.65. The fraction of sp³-hybridized carbons (Fsp3) is 0.308. The highest BCUT2D eigenvalue weighted by atomic mass is 19.3. The monoisotopic (exact) mass is 283 g/mol. The molecule has 5 nitrogen and oxygen atoms in total. The second kappa shape index (κ2) is 6.85. The molecule has 0 amide bonds. The molecule has 0 aliphatic rings. The van der Waals surface area contributed by atoms with Gasteiger partial charge >= 0.3 is 6.61 Å². The minimum Gasteiger partial charge on any atom is -0.493 e. The summed E-state index contributed by atoms with van der Waals surface area (Å²) in [5.74, 6) is 1.10. The van der Waals surface area contributed by atoms with E-state index < -0.39 is 6.61 Å². The Labute approximate surface area is 114 Å². The number of methoxy groups -OCH3 is 1. The fourth-order valence-electron chi connectivity index (χ4n) is 1.79. The lowest BCUT2D eigenvalue weighted by Crippen LogP contribution is -2.15. The maximum Gasteiger partial charge on any atom is 0.387 e. The van der Waals surface area contributed by atoms with Gasteiger partial charge in [0.1, 0.15) is 5.82 Å². The molecule has 20 heavy (non-hydrogen) atoms. The zero-order chi connectivity index (χ0) is 14.4. The first kappa shape index (κ1) is 14.3. The first-order valence-corrected chi connectivity index (χ1v) is 6.00. The predicted molar refractivity (Wildman–Crippen MR) is 68.8 cm³/mol. The Bertz CT molecular complexity index is 532. The SMILES string of the molecule is COc1cccc(CNCc2ncc[nH]2)c1OC(F)F. The van der Waals surface area contributed by atoms with Crippen molar-refractivity contribution < 1.29 is 18.3 Å². The molecule has 0 aliphatic carbocycles. The van der Waals surface area contributed by atoms with E-state index in [2.05, 4.69) is 20.0 Å². The van der Waals surface area contributed by atoms with Crippen LogP contribution in [0.25, 0.3) is 0 Å². The van der Waals surface area contributed by atoms with Crippen LogP contribution >= 0.6 is 0 Å². The number of hydrogen-bond acceptors (Lipinski definition) is 4. The molecule has 0 radical (unpaired) electrons. The van der Waals surface area contributed by atoms with E-state index in [0.717, 1.165) is 5.82 Å². The molecule has 108 valence electrons. The maximum atomic E-state index is 12.4. The van der Waals surface area contributed by atoms with Gasteiger partial charge in [-0.25, -0.2) is 4.98 Å². The Balaban J connectivity index is 2.05. The lowest BCUT2D eigenvalue weighted by molar-refractivity contribution is -0.0518. The summed E-state index contributed by atoms with van der Waals surface area (Å²) in [6.45, 7) is -2.03. The normalized spacial score (nSPS) is 10.8. The number of para-hydroxylation sites is 1. The van der Waals surface area contributed by atoms with Crippen LogP contribution in [-0.2, 0) is 13.1 Å². The second-order valence-corrected chi connectivity index (χ2v) is 3.97. The van der Waals surface area contributed by atoms with Gasteiger partial charge in [0.15, 0.2) is 11.5 Å². The Hall–Kier alpha value is -2.15. The highest BCUT2D eigenvalue weighted by molar-refractivity contribution is 5.46. The zero-order valence-corrected chi connectivity index (χ0v) is 10.9. The molecular formula is C13H15F2N3O2. The topological polar surface area (TPSA) is 59.2 Å². The third-order valence-corrected chi connectivity index (χ3v) is 2.65. The van der Waals surface area contributed by atoms with Crippen LogP contribution < -0.4 is 14.8 Å². The van der Waals surface area contributed by atoms with Crippen molar-refractivity contribution in [3.8, 4) is 11.5 Å². The number of aromatic amines is 1. The van der Waals surface area contributed by atoms with Gasteiger partial charge in [-0.05, 0) is 6.07 Å². The molecule has 2 N–H and O–H groups in total. The number of imidazole rings is 1. The average molecular weight is 283 g/mol. The summed E-state index contributed by atoms with van der Waals surface area (Å²) >= 11 is 0. The molecule has 1 heterocycles. The van der Waals surface area contributed by atoms with E-state index in [0.29, 0.717) is 18.7 Å². The van der Waals surface area contributed by atoms with E-state index in [-0.39, 0.29) is 11.5 Å². The number of H-pyrrole nitrogens is 1. The van der Waals surface area contributed by atoms with E-state index in [1.54, 1.807) is 30.6 Å². The van der Waals surface area contributed by atoms with E-state index in [1.165, 1.54) is 7.11 Å². The summed E-state index contributed by atoms with van der Waals surface area (Å²) in [6, 6.07) is 5.00. The standard InChI is InChI=1S/C13H15F2N3O2/c1-19-10-4-2-3-9(12(10)20-13(14)15)7-16-8-11-17-5-6-18-11/h2-6,13,16H,7-8H2,1H3,(H,17,18). The number of hydrogen-bond donors (Lipinski definition) is 2. The van der Waals surface area contributed by atoms with Crippen LogP contribution in [0.3, 0.4) is 0 Å². The molecular weight excluding hydrogens is 268 g/mol.